The van der Waals surface area contributed by atoms with Gasteiger partial charge in [-0.15, -0.1) is 0 Å². The van der Waals surface area contributed by atoms with Gasteiger partial charge in [-0.05, 0) is 75.0 Å². The Hall–Kier alpha value is -2.12. The Bertz CT molecular complexity index is 1110. The van der Waals surface area contributed by atoms with Gasteiger partial charge in [-0.2, -0.15) is 0 Å². The molecule has 4 bridgehead atoms. The summed E-state index contributed by atoms with van der Waals surface area (Å²) in [5.41, 5.74) is 7.33. The van der Waals surface area contributed by atoms with Crippen molar-refractivity contribution in [1.29, 1.82) is 0 Å². The summed E-state index contributed by atoms with van der Waals surface area (Å²) in [6.45, 7) is 0. The lowest BCUT2D eigenvalue weighted by Crippen LogP contribution is -2.03. The van der Waals surface area contributed by atoms with E-state index >= 15 is 0 Å². The summed E-state index contributed by atoms with van der Waals surface area (Å²) in [5, 5.41) is 6.58. The van der Waals surface area contributed by atoms with E-state index in [4.69, 9.17) is 0 Å². The number of fused-ring (bicyclic) bond motifs is 1. The molecule has 0 aliphatic heterocycles. The maximum Gasteiger partial charge on any atom is 0.0286 e. The molecule has 0 saturated heterocycles. The fourth-order valence-corrected chi connectivity index (χ4v) is 4.93. The lowest BCUT2D eigenvalue weighted by molar-refractivity contribution is 0.925. The minimum atomic E-state index is 0.923. The van der Waals surface area contributed by atoms with Gasteiger partial charge >= 0.3 is 0 Å². The number of benzene rings is 4. The van der Waals surface area contributed by atoms with E-state index in [0.717, 1.165) is 31.0 Å². The Labute approximate surface area is 163 Å². The first-order chi connectivity index (χ1) is 12.8. The van der Waals surface area contributed by atoms with Gasteiger partial charge in [-0.3, -0.25) is 0 Å². The van der Waals surface area contributed by atoms with Crippen molar-refractivity contribution in [2.75, 3.05) is 0 Å². The lowest BCUT2D eigenvalue weighted by Gasteiger charge is -2.19. The number of halogens is 1. The van der Waals surface area contributed by atoms with Gasteiger partial charge in [0.2, 0.25) is 0 Å². The molecule has 0 radical (unpaired) electrons. The van der Waals surface area contributed by atoms with Gasteiger partial charge in [-0.1, -0.05) is 82.7 Å². The molecule has 0 saturated carbocycles. The molecule has 0 aromatic heterocycles. The zero-order valence-electron chi connectivity index (χ0n) is 14.8. The molecule has 8 rings (SSSR count). The first-order valence-electron chi connectivity index (χ1n) is 9.42. The summed E-state index contributed by atoms with van der Waals surface area (Å²) in [6, 6.07) is 25.2. The Balaban J connectivity index is 1.85. The first kappa shape index (κ1) is 16.1. The molecule has 0 nitrogen and oxygen atoms in total. The maximum absolute atomic E-state index is 3.77. The zero-order valence-corrected chi connectivity index (χ0v) is 16.4. The van der Waals surface area contributed by atoms with E-state index in [-0.39, 0.29) is 0 Å². The second-order valence-electron chi connectivity index (χ2n) is 7.33. The maximum atomic E-state index is 3.77. The van der Waals surface area contributed by atoms with Crippen LogP contribution < -0.4 is 0 Å². The molecule has 4 aliphatic carbocycles. The Kier molecular flexibility index (Phi) is 4.05. The Morgan fingerprint density at radius 1 is 0.692 bits per heavy atom. The largest absolute Gasteiger partial charge is 0.0876 e. The van der Waals surface area contributed by atoms with Crippen LogP contribution in [0.15, 0.2) is 66.7 Å². The Morgan fingerprint density at radius 2 is 1.42 bits per heavy atom. The molecule has 4 aromatic rings. The highest BCUT2D eigenvalue weighted by Gasteiger charge is 2.15. The third kappa shape index (κ3) is 2.66. The molecule has 4 aromatic carbocycles. The molecule has 4 aliphatic rings. The highest BCUT2D eigenvalue weighted by Crippen LogP contribution is 2.35. The third-order valence-corrected chi connectivity index (χ3v) is 6.43. The van der Waals surface area contributed by atoms with Crippen LogP contribution in [-0.2, 0) is 31.0 Å². The molecule has 26 heavy (non-hydrogen) atoms. The average Bonchev–Trinajstić information content (AvgIpc) is 2.69. The van der Waals surface area contributed by atoms with Crippen molar-refractivity contribution in [3.63, 3.8) is 0 Å². The quantitative estimate of drug-likeness (QED) is 0.244. The van der Waals surface area contributed by atoms with Gasteiger partial charge < -0.3 is 0 Å². The molecule has 0 unspecified atom stereocenters. The van der Waals surface area contributed by atoms with Gasteiger partial charge in [0.25, 0.3) is 0 Å². The van der Waals surface area contributed by atoms with E-state index in [1.807, 2.05) is 0 Å². The van der Waals surface area contributed by atoms with Crippen LogP contribution in [0, 0.1) is 0 Å². The van der Waals surface area contributed by atoms with E-state index in [0.29, 0.717) is 0 Å². The average molecular weight is 401 g/mol. The van der Waals surface area contributed by atoms with Gasteiger partial charge in [0.1, 0.15) is 0 Å². The molecule has 1 heteroatoms. The van der Waals surface area contributed by atoms with Crippen molar-refractivity contribution in [1.82, 2.24) is 0 Å². The predicted octanol–water partition coefficient (Wildman–Crippen LogP) is 6.77. The van der Waals surface area contributed by atoms with E-state index < -0.39 is 0 Å². The molecule has 0 fully saturated rings. The standard InChI is InChI=1S/C25H21Br/c26-16-21-15-20-11-9-17-5-7-18(8-6-17)10-13-24(21)25-22-4-2-1-3-19(22)12-14-23(20)25/h1-8,12,14-15H,9-11,13,16H2. The lowest BCUT2D eigenvalue weighted by atomic mass is 9.86. The SMILES string of the molecule is BrCc1cc2c3ccc4ccccc4c3c1CCc1ccc(cc1)CC2. The molecular formula is C25H21Br. The molecule has 0 heterocycles. The van der Waals surface area contributed by atoms with Crippen LogP contribution in [0.5, 0.6) is 0 Å². The summed E-state index contributed by atoms with van der Waals surface area (Å²) >= 11 is 3.77. The highest BCUT2D eigenvalue weighted by atomic mass is 79.9. The summed E-state index contributed by atoms with van der Waals surface area (Å²) in [7, 11) is 0. The van der Waals surface area contributed by atoms with Gasteiger partial charge in [0.05, 0.1) is 0 Å². The molecule has 0 atom stereocenters. The number of rotatable bonds is 1. The minimum Gasteiger partial charge on any atom is -0.0876 e. The predicted molar refractivity (Wildman–Crippen MR) is 115 cm³/mol. The van der Waals surface area contributed by atoms with Crippen LogP contribution in [0.3, 0.4) is 0 Å². The van der Waals surface area contributed by atoms with Crippen LogP contribution in [0.1, 0.15) is 27.8 Å². The number of hydrogen-bond donors (Lipinski definition) is 0. The van der Waals surface area contributed by atoms with Crippen LogP contribution in [0.25, 0.3) is 21.5 Å². The van der Waals surface area contributed by atoms with Crippen molar-refractivity contribution in [2.24, 2.45) is 0 Å². The van der Waals surface area contributed by atoms with Crippen molar-refractivity contribution < 1.29 is 0 Å². The molecule has 0 amide bonds. The normalized spacial score (nSPS) is 13.9. The third-order valence-electron chi connectivity index (χ3n) is 5.83. The van der Waals surface area contributed by atoms with Crippen LogP contribution >= 0.6 is 15.9 Å². The van der Waals surface area contributed by atoms with Crippen LogP contribution in [0.2, 0.25) is 0 Å². The second-order valence-corrected chi connectivity index (χ2v) is 7.89. The van der Waals surface area contributed by atoms with Gasteiger partial charge in [0.15, 0.2) is 0 Å². The summed E-state index contributed by atoms with van der Waals surface area (Å²) in [6.07, 6.45) is 4.38. The molecule has 0 N–H and O–H groups in total. The molecular weight excluding hydrogens is 380 g/mol. The van der Waals surface area contributed by atoms with Crippen molar-refractivity contribution in [3.05, 3.63) is 94.5 Å². The number of hydrogen-bond acceptors (Lipinski definition) is 0. The molecule has 0 spiro atoms. The van der Waals surface area contributed by atoms with Gasteiger partial charge in [0, 0.05) is 5.33 Å². The summed E-state index contributed by atoms with van der Waals surface area (Å²) in [5.74, 6) is 0. The van der Waals surface area contributed by atoms with E-state index in [9.17, 15) is 0 Å². The van der Waals surface area contributed by atoms with E-state index in [2.05, 4.69) is 82.7 Å². The number of aryl methyl sites for hydroxylation is 4. The van der Waals surface area contributed by atoms with Crippen LogP contribution in [-0.4, -0.2) is 0 Å². The topological polar surface area (TPSA) is 0 Å². The summed E-state index contributed by atoms with van der Waals surface area (Å²) < 4.78 is 0. The fourth-order valence-electron chi connectivity index (χ4n) is 4.43. The second kappa shape index (κ2) is 6.55. The van der Waals surface area contributed by atoms with Crippen molar-refractivity contribution in [2.45, 2.75) is 31.0 Å². The molecule has 128 valence electrons. The van der Waals surface area contributed by atoms with Crippen molar-refractivity contribution in [3.8, 4) is 0 Å². The van der Waals surface area contributed by atoms with Crippen molar-refractivity contribution >= 4 is 37.5 Å². The smallest absolute Gasteiger partial charge is 0.0286 e. The Morgan fingerprint density at radius 3 is 2.19 bits per heavy atom. The zero-order chi connectivity index (χ0) is 17.5. The van der Waals surface area contributed by atoms with E-state index in [1.54, 1.807) is 0 Å². The minimum absolute atomic E-state index is 0.923. The van der Waals surface area contributed by atoms with Gasteiger partial charge in [-0.25, -0.2) is 0 Å². The van der Waals surface area contributed by atoms with E-state index in [1.165, 1.54) is 49.4 Å². The fraction of sp³-hybridized carbons (Fsp3) is 0.200. The summed E-state index contributed by atoms with van der Waals surface area (Å²) in [4.78, 5) is 0. The van der Waals surface area contributed by atoms with Crippen LogP contribution in [0.4, 0.5) is 0 Å². The number of alkyl halides is 1. The first-order valence-corrected chi connectivity index (χ1v) is 10.5. The monoisotopic (exact) mass is 400 g/mol. The highest BCUT2D eigenvalue weighted by molar-refractivity contribution is 9.08.